The maximum Gasteiger partial charge on any atom is 0.280 e. The molecule has 14 heavy (non-hydrogen) atoms. The summed E-state index contributed by atoms with van der Waals surface area (Å²) in [5.41, 5.74) is 0.667. The summed E-state index contributed by atoms with van der Waals surface area (Å²) in [6.45, 7) is 1.72. The molecule has 0 unspecified atom stereocenters. The molecule has 1 aromatic rings. The van der Waals surface area contributed by atoms with Crippen LogP contribution in [0.3, 0.4) is 0 Å². The molecule has 0 heterocycles. The fraction of sp³-hybridized carbons (Fsp3) is 0.125. The summed E-state index contributed by atoms with van der Waals surface area (Å²) in [5.74, 6) is 0. The molecule has 0 saturated heterocycles. The largest absolute Gasteiger partial charge is 0.410 e. The summed E-state index contributed by atoms with van der Waals surface area (Å²) in [6.07, 6.45) is 0. The highest BCUT2D eigenvalue weighted by Crippen LogP contribution is 2.21. The quantitative estimate of drug-likeness (QED) is 0.355. The van der Waals surface area contributed by atoms with Gasteiger partial charge in [0.25, 0.3) is 5.69 Å². The van der Waals surface area contributed by atoms with Gasteiger partial charge in [0.05, 0.1) is 10.5 Å². The van der Waals surface area contributed by atoms with Crippen LogP contribution in [0.25, 0.3) is 0 Å². The molecule has 0 amide bonds. The molecule has 1 aromatic carbocycles. The van der Waals surface area contributed by atoms with E-state index in [1.54, 1.807) is 13.0 Å². The van der Waals surface area contributed by atoms with Gasteiger partial charge in [-0.3, -0.25) is 10.1 Å². The Kier molecular flexibility index (Phi) is 3.03. The number of aryl methyl sites for hydroxylation is 1. The fourth-order valence-electron chi connectivity index (χ4n) is 1.02. The number of nitro groups is 1. The number of benzene rings is 1. The summed E-state index contributed by atoms with van der Waals surface area (Å²) >= 11 is 5.49. The third-order valence-electron chi connectivity index (χ3n) is 1.66. The van der Waals surface area contributed by atoms with Gasteiger partial charge in [-0.05, 0) is 18.6 Å². The zero-order valence-electron chi connectivity index (χ0n) is 7.27. The summed E-state index contributed by atoms with van der Waals surface area (Å²) in [5, 5.41) is 21.4. The van der Waals surface area contributed by atoms with Gasteiger partial charge in [-0.15, -0.1) is 0 Å². The van der Waals surface area contributed by atoms with Crippen LogP contribution >= 0.6 is 11.6 Å². The standard InChI is InChI=1S/C8H7ClN2O3/c1-5-2-3-6(8(9)10-12)7(4-5)11(13)14/h2-4,12H,1H3. The normalized spacial score (nSPS) is 11.4. The van der Waals surface area contributed by atoms with Crippen molar-refractivity contribution in [1.29, 1.82) is 0 Å². The molecule has 0 spiro atoms. The molecule has 0 bridgehead atoms. The van der Waals surface area contributed by atoms with Crippen LogP contribution in [0.5, 0.6) is 0 Å². The fourth-order valence-corrected chi connectivity index (χ4v) is 1.18. The first-order valence-electron chi connectivity index (χ1n) is 3.69. The van der Waals surface area contributed by atoms with Crippen molar-refractivity contribution < 1.29 is 10.1 Å². The van der Waals surface area contributed by atoms with Gasteiger partial charge in [-0.25, -0.2) is 0 Å². The molecule has 1 N–H and O–H groups in total. The van der Waals surface area contributed by atoms with Crippen molar-refractivity contribution in [2.24, 2.45) is 5.16 Å². The minimum absolute atomic E-state index is 0.102. The number of nitrogens with zero attached hydrogens (tertiary/aromatic N) is 2. The Balaban J connectivity index is 3.36. The number of halogens is 1. The molecule has 0 atom stereocenters. The predicted octanol–water partition coefficient (Wildman–Crippen LogP) is 2.28. The van der Waals surface area contributed by atoms with Crippen molar-refractivity contribution in [3.8, 4) is 0 Å². The summed E-state index contributed by atoms with van der Waals surface area (Å²) in [7, 11) is 0. The van der Waals surface area contributed by atoms with Gasteiger partial charge in [0.15, 0.2) is 5.17 Å². The first-order valence-corrected chi connectivity index (χ1v) is 4.07. The average Bonchev–Trinajstić information content (AvgIpc) is 2.16. The number of oxime groups is 1. The first kappa shape index (κ1) is 10.5. The molecule has 0 radical (unpaired) electrons. The lowest BCUT2D eigenvalue weighted by molar-refractivity contribution is -0.385. The van der Waals surface area contributed by atoms with Crippen LogP contribution in [0, 0.1) is 17.0 Å². The summed E-state index contributed by atoms with van der Waals surface area (Å²) in [6, 6.07) is 4.45. The maximum absolute atomic E-state index is 10.6. The third kappa shape index (κ3) is 2.00. The molecule has 0 aromatic heterocycles. The van der Waals surface area contributed by atoms with E-state index in [-0.39, 0.29) is 16.4 Å². The van der Waals surface area contributed by atoms with Gasteiger partial charge >= 0.3 is 0 Å². The molecule has 6 heteroatoms. The first-order chi connectivity index (χ1) is 6.56. The van der Waals surface area contributed by atoms with Gasteiger partial charge in [-0.1, -0.05) is 22.8 Å². The summed E-state index contributed by atoms with van der Waals surface area (Å²) in [4.78, 5) is 10.0. The van der Waals surface area contributed by atoms with Crippen molar-refractivity contribution in [1.82, 2.24) is 0 Å². The molecule has 0 aliphatic heterocycles. The maximum atomic E-state index is 10.6. The van der Waals surface area contributed by atoms with E-state index in [1.807, 2.05) is 0 Å². The number of nitro benzene ring substituents is 1. The lowest BCUT2D eigenvalue weighted by Crippen LogP contribution is -1.99. The molecule has 5 nitrogen and oxygen atoms in total. The number of rotatable bonds is 2. The lowest BCUT2D eigenvalue weighted by atomic mass is 10.1. The minimum Gasteiger partial charge on any atom is -0.410 e. The van der Waals surface area contributed by atoms with Crippen LogP contribution < -0.4 is 0 Å². The van der Waals surface area contributed by atoms with E-state index >= 15 is 0 Å². The van der Waals surface area contributed by atoms with E-state index in [4.69, 9.17) is 16.8 Å². The predicted molar refractivity (Wildman–Crippen MR) is 52.0 cm³/mol. The van der Waals surface area contributed by atoms with Crippen molar-refractivity contribution in [3.05, 3.63) is 39.4 Å². The molecule has 74 valence electrons. The van der Waals surface area contributed by atoms with E-state index in [2.05, 4.69) is 5.16 Å². The van der Waals surface area contributed by atoms with Gasteiger partial charge < -0.3 is 5.21 Å². The number of hydrogen-bond donors (Lipinski definition) is 1. The smallest absolute Gasteiger partial charge is 0.280 e. The van der Waals surface area contributed by atoms with Crippen LogP contribution in [-0.4, -0.2) is 15.3 Å². The number of hydrogen-bond acceptors (Lipinski definition) is 4. The van der Waals surface area contributed by atoms with Gasteiger partial charge in [0, 0.05) is 6.07 Å². The lowest BCUT2D eigenvalue weighted by Gasteiger charge is -2.00. The second-order valence-corrected chi connectivity index (χ2v) is 3.03. The van der Waals surface area contributed by atoms with Crippen LogP contribution in [0.1, 0.15) is 11.1 Å². The Hall–Kier alpha value is -1.62. The van der Waals surface area contributed by atoms with E-state index in [0.29, 0.717) is 0 Å². The van der Waals surface area contributed by atoms with Gasteiger partial charge in [-0.2, -0.15) is 0 Å². The molecular formula is C8H7ClN2O3. The van der Waals surface area contributed by atoms with E-state index in [9.17, 15) is 10.1 Å². The molecular weight excluding hydrogens is 208 g/mol. The summed E-state index contributed by atoms with van der Waals surface area (Å²) < 4.78 is 0. The second-order valence-electron chi connectivity index (χ2n) is 2.67. The topological polar surface area (TPSA) is 75.7 Å². The third-order valence-corrected chi connectivity index (χ3v) is 1.94. The molecule has 0 fully saturated rings. The minimum atomic E-state index is -0.574. The van der Waals surface area contributed by atoms with Crippen molar-refractivity contribution >= 4 is 22.5 Å². The van der Waals surface area contributed by atoms with Crippen molar-refractivity contribution in [3.63, 3.8) is 0 Å². The van der Waals surface area contributed by atoms with Crippen LogP contribution in [0.2, 0.25) is 0 Å². The molecule has 0 aliphatic carbocycles. The zero-order valence-corrected chi connectivity index (χ0v) is 8.02. The van der Waals surface area contributed by atoms with E-state index in [1.165, 1.54) is 12.1 Å². The Morgan fingerprint density at radius 1 is 1.64 bits per heavy atom. The van der Waals surface area contributed by atoms with Gasteiger partial charge in [0.1, 0.15) is 0 Å². The Morgan fingerprint density at radius 2 is 2.29 bits per heavy atom. The van der Waals surface area contributed by atoms with Gasteiger partial charge in [0.2, 0.25) is 0 Å². The average molecular weight is 215 g/mol. The van der Waals surface area contributed by atoms with E-state index < -0.39 is 4.92 Å². The van der Waals surface area contributed by atoms with Crippen molar-refractivity contribution in [2.75, 3.05) is 0 Å². The molecule has 1 rings (SSSR count). The Morgan fingerprint density at radius 3 is 2.79 bits per heavy atom. The highest BCUT2D eigenvalue weighted by atomic mass is 35.5. The Labute approximate surface area is 84.8 Å². The van der Waals surface area contributed by atoms with Crippen molar-refractivity contribution in [2.45, 2.75) is 6.92 Å². The highest BCUT2D eigenvalue weighted by molar-refractivity contribution is 6.69. The van der Waals surface area contributed by atoms with Crippen LogP contribution in [0.4, 0.5) is 5.69 Å². The zero-order chi connectivity index (χ0) is 10.7. The SMILES string of the molecule is Cc1ccc(C(Cl)=NO)c([N+](=O)[O-])c1. The van der Waals surface area contributed by atoms with E-state index in [0.717, 1.165) is 5.56 Å². The molecule has 0 aliphatic rings. The molecule has 0 saturated carbocycles. The highest BCUT2D eigenvalue weighted by Gasteiger charge is 2.17. The van der Waals surface area contributed by atoms with Crippen LogP contribution in [0.15, 0.2) is 23.4 Å². The van der Waals surface area contributed by atoms with Crippen LogP contribution in [-0.2, 0) is 0 Å². The Bertz CT molecular complexity index is 404. The monoisotopic (exact) mass is 214 g/mol. The second kappa shape index (κ2) is 4.06.